The lowest BCUT2D eigenvalue weighted by Crippen LogP contribution is -2.17. The predicted octanol–water partition coefficient (Wildman–Crippen LogP) is 3.46. The summed E-state index contributed by atoms with van der Waals surface area (Å²) >= 11 is 7.90. The van der Waals surface area contributed by atoms with Crippen LogP contribution in [0.5, 0.6) is 11.5 Å². The van der Waals surface area contributed by atoms with Gasteiger partial charge in [-0.15, -0.1) is 0 Å². The molecule has 0 radical (unpaired) electrons. The fourth-order valence-electron chi connectivity index (χ4n) is 2.01. The molecule has 3 rings (SSSR count). The van der Waals surface area contributed by atoms with E-state index in [1.165, 1.54) is 5.56 Å². The summed E-state index contributed by atoms with van der Waals surface area (Å²) < 4.78 is 11.1. The van der Waals surface area contributed by atoms with Crippen molar-refractivity contribution in [1.82, 2.24) is 5.32 Å². The van der Waals surface area contributed by atoms with E-state index in [1.54, 1.807) is 11.3 Å². The van der Waals surface area contributed by atoms with Crippen molar-refractivity contribution in [2.45, 2.75) is 13.1 Å². The van der Waals surface area contributed by atoms with Crippen LogP contribution in [0.2, 0.25) is 5.02 Å². The van der Waals surface area contributed by atoms with Gasteiger partial charge in [-0.3, -0.25) is 0 Å². The summed E-state index contributed by atoms with van der Waals surface area (Å²) in [6.07, 6.45) is 0. The molecule has 0 saturated carbocycles. The van der Waals surface area contributed by atoms with E-state index in [9.17, 15) is 0 Å². The summed E-state index contributed by atoms with van der Waals surface area (Å²) in [6, 6.07) is 6.03. The number of nitrogens with one attached hydrogen (secondary N) is 1. The number of halogens is 1. The number of thiophene rings is 1. The second-order valence-corrected chi connectivity index (χ2v) is 5.52. The van der Waals surface area contributed by atoms with Gasteiger partial charge >= 0.3 is 0 Å². The Balaban J connectivity index is 1.66. The van der Waals surface area contributed by atoms with Gasteiger partial charge in [0.2, 0.25) is 0 Å². The van der Waals surface area contributed by atoms with Gasteiger partial charge in [-0.1, -0.05) is 11.6 Å². The summed E-state index contributed by atoms with van der Waals surface area (Å²) in [7, 11) is 0. The number of benzene rings is 1. The van der Waals surface area contributed by atoms with Crippen LogP contribution in [0, 0.1) is 0 Å². The van der Waals surface area contributed by atoms with Gasteiger partial charge in [0.1, 0.15) is 13.2 Å². The molecule has 5 heteroatoms. The molecule has 0 unspecified atom stereocenters. The quantitative estimate of drug-likeness (QED) is 0.937. The van der Waals surface area contributed by atoms with Crippen LogP contribution >= 0.6 is 22.9 Å². The average Bonchev–Trinajstić information content (AvgIpc) is 2.92. The smallest absolute Gasteiger partial charge is 0.179 e. The Hall–Kier alpha value is -1.23. The average molecular weight is 296 g/mol. The highest BCUT2D eigenvalue weighted by Gasteiger charge is 2.16. The van der Waals surface area contributed by atoms with Crippen molar-refractivity contribution >= 4 is 22.9 Å². The lowest BCUT2D eigenvalue weighted by Gasteiger charge is -2.20. The zero-order valence-corrected chi connectivity index (χ0v) is 11.9. The Morgan fingerprint density at radius 1 is 1.16 bits per heavy atom. The second kappa shape index (κ2) is 5.82. The Morgan fingerprint density at radius 2 is 2.00 bits per heavy atom. The van der Waals surface area contributed by atoms with E-state index in [4.69, 9.17) is 21.1 Å². The number of hydrogen-bond acceptors (Lipinski definition) is 4. The number of fused-ring (bicyclic) bond motifs is 1. The van der Waals surface area contributed by atoms with Crippen molar-refractivity contribution in [3.63, 3.8) is 0 Å². The molecule has 1 N–H and O–H groups in total. The zero-order chi connectivity index (χ0) is 13.1. The lowest BCUT2D eigenvalue weighted by molar-refractivity contribution is 0.171. The SMILES string of the molecule is Clc1cc(CNCc2ccsc2)cc2c1OCCO2. The summed E-state index contributed by atoms with van der Waals surface area (Å²) in [6.45, 7) is 2.75. The Kier molecular flexibility index (Phi) is 3.92. The van der Waals surface area contributed by atoms with Crippen LogP contribution in [0.4, 0.5) is 0 Å². The first-order valence-corrected chi connectivity index (χ1v) is 7.45. The van der Waals surface area contributed by atoms with Crippen LogP contribution in [0.15, 0.2) is 29.0 Å². The van der Waals surface area contributed by atoms with E-state index in [0.29, 0.717) is 24.0 Å². The van der Waals surface area contributed by atoms with E-state index < -0.39 is 0 Å². The minimum Gasteiger partial charge on any atom is -0.486 e. The molecular formula is C14H14ClNO2S. The van der Waals surface area contributed by atoms with Crippen LogP contribution in [0.25, 0.3) is 0 Å². The first-order chi connectivity index (χ1) is 9.33. The fraction of sp³-hybridized carbons (Fsp3) is 0.286. The first kappa shape index (κ1) is 12.8. The Morgan fingerprint density at radius 3 is 2.84 bits per heavy atom. The van der Waals surface area contributed by atoms with Crippen LogP contribution in [-0.4, -0.2) is 13.2 Å². The first-order valence-electron chi connectivity index (χ1n) is 6.13. The van der Waals surface area contributed by atoms with E-state index >= 15 is 0 Å². The molecule has 100 valence electrons. The number of rotatable bonds is 4. The minimum atomic E-state index is 0.558. The highest BCUT2D eigenvalue weighted by Crippen LogP contribution is 2.38. The molecule has 0 fully saturated rings. The topological polar surface area (TPSA) is 30.5 Å². The van der Waals surface area contributed by atoms with Crippen molar-refractivity contribution in [1.29, 1.82) is 0 Å². The molecule has 1 aromatic carbocycles. The summed E-state index contributed by atoms with van der Waals surface area (Å²) in [5, 5.41) is 8.23. The molecule has 0 amide bonds. The van der Waals surface area contributed by atoms with Crippen molar-refractivity contribution in [2.24, 2.45) is 0 Å². The molecule has 2 heterocycles. The normalized spacial score (nSPS) is 13.5. The minimum absolute atomic E-state index is 0.558. The van der Waals surface area contributed by atoms with Gasteiger partial charge in [-0.2, -0.15) is 11.3 Å². The van der Waals surface area contributed by atoms with Gasteiger partial charge in [0.05, 0.1) is 5.02 Å². The van der Waals surface area contributed by atoms with Crippen LogP contribution in [0.1, 0.15) is 11.1 Å². The Bertz CT molecular complexity index is 557. The lowest BCUT2D eigenvalue weighted by atomic mass is 10.2. The summed E-state index contributed by atoms with van der Waals surface area (Å²) in [5.74, 6) is 1.40. The van der Waals surface area contributed by atoms with Crippen molar-refractivity contribution in [3.05, 3.63) is 45.1 Å². The van der Waals surface area contributed by atoms with E-state index in [0.717, 1.165) is 24.4 Å². The number of hydrogen-bond donors (Lipinski definition) is 1. The molecule has 0 atom stereocenters. The highest BCUT2D eigenvalue weighted by atomic mass is 35.5. The largest absolute Gasteiger partial charge is 0.486 e. The second-order valence-electron chi connectivity index (χ2n) is 4.34. The van der Waals surface area contributed by atoms with Crippen LogP contribution in [0.3, 0.4) is 0 Å². The van der Waals surface area contributed by atoms with Gasteiger partial charge in [0.25, 0.3) is 0 Å². The van der Waals surface area contributed by atoms with Crippen molar-refractivity contribution in [2.75, 3.05) is 13.2 Å². The maximum atomic E-state index is 6.19. The number of ether oxygens (including phenoxy) is 2. The maximum Gasteiger partial charge on any atom is 0.179 e. The van der Waals surface area contributed by atoms with Crippen LogP contribution in [-0.2, 0) is 13.1 Å². The summed E-state index contributed by atoms with van der Waals surface area (Å²) in [5.41, 5.74) is 2.40. The molecular weight excluding hydrogens is 282 g/mol. The molecule has 19 heavy (non-hydrogen) atoms. The predicted molar refractivity (Wildman–Crippen MR) is 77.3 cm³/mol. The third kappa shape index (κ3) is 3.03. The molecule has 0 aliphatic carbocycles. The highest BCUT2D eigenvalue weighted by molar-refractivity contribution is 7.07. The third-order valence-corrected chi connectivity index (χ3v) is 3.91. The van der Waals surface area contributed by atoms with E-state index in [-0.39, 0.29) is 0 Å². The molecule has 0 saturated heterocycles. The Labute approximate surface area is 121 Å². The van der Waals surface area contributed by atoms with Gasteiger partial charge in [-0.25, -0.2) is 0 Å². The fourth-order valence-corrected chi connectivity index (χ4v) is 2.97. The summed E-state index contributed by atoms with van der Waals surface area (Å²) in [4.78, 5) is 0. The van der Waals surface area contributed by atoms with Crippen molar-refractivity contribution < 1.29 is 9.47 Å². The molecule has 1 aliphatic rings. The van der Waals surface area contributed by atoms with Crippen molar-refractivity contribution in [3.8, 4) is 11.5 Å². The molecule has 1 aromatic heterocycles. The van der Waals surface area contributed by atoms with Crippen LogP contribution < -0.4 is 14.8 Å². The third-order valence-electron chi connectivity index (χ3n) is 2.89. The molecule has 1 aliphatic heterocycles. The monoisotopic (exact) mass is 295 g/mol. The molecule has 3 nitrogen and oxygen atoms in total. The van der Waals surface area contributed by atoms with Gasteiger partial charge in [0.15, 0.2) is 11.5 Å². The van der Waals surface area contributed by atoms with E-state index in [2.05, 4.69) is 22.1 Å². The van der Waals surface area contributed by atoms with Gasteiger partial charge in [-0.05, 0) is 40.1 Å². The zero-order valence-electron chi connectivity index (χ0n) is 10.3. The van der Waals surface area contributed by atoms with Gasteiger partial charge < -0.3 is 14.8 Å². The molecule has 2 aromatic rings. The standard InChI is InChI=1S/C14H14ClNO2S/c15-12-5-11(6-13-14(12)18-3-2-17-13)8-16-7-10-1-4-19-9-10/h1,4-6,9,16H,2-3,7-8H2. The molecule has 0 bridgehead atoms. The van der Waals surface area contributed by atoms with E-state index in [1.807, 2.05) is 12.1 Å². The van der Waals surface area contributed by atoms with Gasteiger partial charge in [0, 0.05) is 13.1 Å². The molecule has 0 spiro atoms. The maximum absolute atomic E-state index is 6.19.